The summed E-state index contributed by atoms with van der Waals surface area (Å²) in [5.74, 6) is 1.09. The second kappa shape index (κ2) is 7.42. The van der Waals surface area contributed by atoms with E-state index in [-0.39, 0.29) is 5.91 Å². The minimum absolute atomic E-state index is 0.150. The molecule has 0 aromatic heterocycles. The number of hydrogen-bond donors (Lipinski definition) is 0. The lowest BCUT2D eigenvalue weighted by molar-refractivity contribution is -0.133. The molecule has 1 atom stereocenters. The van der Waals surface area contributed by atoms with Crippen LogP contribution in [0.15, 0.2) is 24.3 Å². The maximum atomic E-state index is 12.8. The number of rotatable bonds is 5. The molecule has 0 bridgehead atoms. The number of amides is 1. The van der Waals surface area contributed by atoms with Crippen molar-refractivity contribution >= 4 is 21.6 Å². The number of nitrogens with zero attached hydrogens (tertiary/aromatic N) is 2. The summed E-state index contributed by atoms with van der Waals surface area (Å²) in [7, 11) is -2.04. The van der Waals surface area contributed by atoms with Gasteiger partial charge in [0.15, 0.2) is 0 Å². The molecule has 0 N–H and O–H groups in total. The van der Waals surface area contributed by atoms with Crippen LogP contribution < -0.4 is 9.04 Å². The molecule has 1 aromatic rings. The lowest BCUT2D eigenvalue weighted by Gasteiger charge is -2.35. The van der Waals surface area contributed by atoms with Crippen molar-refractivity contribution in [2.24, 2.45) is 5.92 Å². The molecule has 1 unspecified atom stereocenters. The number of likely N-dealkylation sites (tertiary alicyclic amines) is 1. The van der Waals surface area contributed by atoms with Gasteiger partial charge in [0.25, 0.3) is 0 Å². The third kappa shape index (κ3) is 4.20. The summed E-state index contributed by atoms with van der Waals surface area (Å²) in [4.78, 5) is 14.6. The minimum atomic E-state index is -3.59. The van der Waals surface area contributed by atoms with Crippen molar-refractivity contribution in [3.05, 3.63) is 24.3 Å². The molecule has 1 saturated heterocycles. The van der Waals surface area contributed by atoms with Gasteiger partial charge in [0.2, 0.25) is 15.9 Å². The summed E-state index contributed by atoms with van der Waals surface area (Å²) in [6.45, 7) is 5.19. The van der Waals surface area contributed by atoms with Gasteiger partial charge in [-0.25, -0.2) is 8.42 Å². The van der Waals surface area contributed by atoms with E-state index < -0.39 is 16.1 Å². The zero-order valence-corrected chi connectivity index (χ0v) is 15.5. The van der Waals surface area contributed by atoms with Crippen molar-refractivity contribution in [3.8, 4) is 5.75 Å². The lowest BCUT2D eigenvalue weighted by atomic mass is 9.99. The molecule has 6 nitrogen and oxygen atoms in total. The first-order valence-corrected chi connectivity index (χ1v) is 10.0. The normalized spacial score (nSPS) is 17.4. The Hall–Kier alpha value is -1.76. The molecule has 24 heavy (non-hydrogen) atoms. The van der Waals surface area contributed by atoms with Gasteiger partial charge in [0.1, 0.15) is 11.8 Å². The molecule has 134 valence electrons. The highest BCUT2D eigenvalue weighted by atomic mass is 32.2. The Kier molecular flexibility index (Phi) is 5.74. The van der Waals surface area contributed by atoms with Crippen LogP contribution in [-0.4, -0.2) is 51.7 Å². The first kappa shape index (κ1) is 18.6. The van der Waals surface area contributed by atoms with Gasteiger partial charge in [-0.3, -0.25) is 9.10 Å². The van der Waals surface area contributed by atoms with Crippen molar-refractivity contribution in [2.75, 3.05) is 30.8 Å². The van der Waals surface area contributed by atoms with Crippen LogP contribution in [0.25, 0.3) is 0 Å². The Morgan fingerprint density at radius 2 is 1.79 bits per heavy atom. The van der Waals surface area contributed by atoms with Crippen LogP contribution in [0.4, 0.5) is 5.69 Å². The van der Waals surface area contributed by atoms with Gasteiger partial charge in [-0.05, 0) is 49.9 Å². The third-order valence-electron chi connectivity index (χ3n) is 4.49. The number of benzene rings is 1. The standard InChI is InChI=1S/C17H26N2O4S/c1-13-9-11-18(12-10-13)17(20)14(2)19(24(4,21)22)15-5-7-16(23-3)8-6-15/h5-8,13-14H,9-12H2,1-4H3. The molecule has 1 heterocycles. The highest BCUT2D eigenvalue weighted by Gasteiger charge is 2.33. The summed E-state index contributed by atoms with van der Waals surface area (Å²) in [6, 6.07) is 5.91. The molecule has 2 rings (SSSR count). The number of hydrogen-bond acceptors (Lipinski definition) is 4. The molecule has 7 heteroatoms. The molecule has 1 aromatic carbocycles. The molecular formula is C17H26N2O4S. The van der Waals surface area contributed by atoms with E-state index in [1.165, 1.54) is 4.31 Å². The average molecular weight is 354 g/mol. The van der Waals surface area contributed by atoms with Crippen LogP contribution in [0.3, 0.4) is 0 Å². The minimum Gasteiger partial charge on any atom is -0.497 e. The van der Waals surface area contributed by atoms with E-state index in [1.807, 2.05) is 0 Å². The third-order valence-corrected chi connectivity index (χ3v) is 5.73. The van der Waals surface area contributed by atoms with E-state index in [9.17, 15) is 13.2 Å². The summed E-state index contributed by atoms with van der Waals surface area (Å²) < 4.78 is 30.9. The number of carbonyl (C=O) groups excluding carboxylic acids is 1. The van der Waals surface area contributed by atoms with Crippen LogP contribution in [0, 0.1) is 5.92 Å². The smallest absolute Gasteiger partial charge is 0.246 e. The van der Waals surface area contributed by atoms with Crippen molar-refractivity contribution in [3.63, 3.8) is 0 Å². The van der Waals surface area contributed by atoms with Gasteiger partial charge in [0, 0.05) is 13.1 Å². The van der Waals surface area contributed by atoms with Crippen LogP contribution in [0.2, 0.25) is 0 Å². The quantitative estimate of drug-likeness (QED) is 0.812. The largest absolute Gasteiger partial charge is 0.497 e. The maximum Gasteiger partial charge on any atom is 0.246 e. The first-order chi connectivity index (χ1) is 11.2. The van der Waals surface area contributed by atoms with Crippen LogP contribution in [0.5, 0.6) is 5.75 Å². The zero-order valence-electron chi connectivity index (χ0n) is 14.7. The number of ether oxygens (including phenoxy) is 1. The van der Waals surface area contributed by atoms with E-state index >= 15 is 0 Å². The van der Waals surface area contributed by atoms with Gasteiger partial charge >= 0.3 is 0 Å². The van der Waals surface area contributed by atoms with Crippen molar-refractivity contribution in [2.45, 2.75) is 32.7 Å². The molecular weight excluding hydrogens is 328 g/mol. The van der Waals surface area contributed by atoms with Gasteiger partial charge in [0.05, 0.1) is 19.1 Å². The average Bonchev–Trinajstić information content (AvgIpc) is 2.54. The van der Waals surface area contributed by atoms with Gasteiger partial charge in [-0.2, -0.15) is 0 Å². The zero-order chi connectivity index (χ0) is 17.9. The second-order valence-electron chi connectivity index (χ2n) is 6.44. The van der Waals surface area contributed by atoms with Crippen LogP contribution in [0.1, 0.15) is 26.7 Å². The molecule has 1 fully saturated rings. The summed E-state index contributed by atoms with van der Waals surface area (Å²) in [5, 5.41) is 0. The molecule has 1 amide bonds. The lowest BCUT2D eigenvalue weighted by Crippen LogP contribution is -2.51. The van der Waals surface area contributed by atoms with E-state index in [4.69, 9.17) is 4.74 Å². The number of piperidine rings is 1. The Balaban J connectivity index is 2.25. The van der Waals surface area contributed by atoms with E-state index in [0.717, 1.165) is 19.1 Å². The Bertz CT molecular complexity index is 664. The number of carbonyl (C=O) groups is 1. The fraction of sp³-hybridized carbons (Fsp3) is 0.588. The van der Waals surface area contributed by atoms with Crippen molar-refractivity contribution < 1.29 is 17.9 Å². The monoisotopic (exact) mass is 354 g/mol. The Morgan fingerprint density at radius 3 is 2.25 bits per heavy atom. The number of sulfonamides is 1. The Morgan fingerprint density at radius 1 is 1.25 bits per heavy atom. The van der Waals surface area contributed by atoms with E-state index in [0.29, 0.717) is 30.4 Å². The molecule has 0 aliphatic carbocycles. The number of methoxy groups -OCH3 is 1. The summed E-state index contributed by atoms with van der Waals surface area (Å²) in [5.41, 5.74) is 0.463. The fourth-order valence-electron chi connectivity index (χ4n) is 3.02. The van der Waals surface area contributed by atoms with Crippen molar-refractivity contribution in [1.82, 2.24) is 4.90 Å². The van der Waals surface area contributed by atoms with Gasteiger partial charge < -0.3 is 9.64 Å². The summed E-state index contributed by atoms with van der Waals surface area (Å²) in [6.07, 6.45) is 3.04. The fourth-order valence-corrected chi connectivity index (χ4v) is 4.19. The second-order valence-corrected chi connectivity index (χ2v) is 8.30. The SMILES string of the molecule is COc1ccc(N(C(C)C(=O)N2CCC(C)CC2)S(C)(=O)=O)cc1. The molecule has 0 radical (unpaired) electrons. The summed E-state index contributed by atoms with van der Waals surface area (Å²) >= 11 is 0. The topological polar surface area (TPSA) is 66.9 Å². The predicted molar refractivity (Wildman–Crippen MR) is 94.8 cm³/mol. The highest BCUT2D eigenvalue weighted by Crippen LogP contribution is 2.25. The maximum absolute atomic E-state index is 12.8. The van der Waals surface area contributed by atoms with Gasteiger partial charge in [-0.15, -0.1) is 0 Å². The molecule has 0 spiro atoms. The number of anilines is 1. The first-order valence-electron chi connectivity index (χ1n) is 8.16. The highest BCUT2D eigenvalue weighted by molar-refractivity contribution is 7.92. The Labute approximate surface area is 144 Å². The van der Waals surface area contributed by atoms with Crippen molar-refractivity contribution in [1.29, 1.82) is 0 Å². The van der Waals surface area contributed by atoms with E-state index in [2.05, 4.69) is 6.92 Å². The molecule has 1 aliphatic rings. The molecule has 0 saturated carbocycles. The predicted octanol–water partition coefficient (Wildman–Crippen LogP) is 2.11. The van der Waals surface area contributed by atoms with Gasteiger partial charge in [-0.1, -0.05) is 6.92 Å². The van der Waals surface area contributed by atoms with Crippen LogP contribution in [-0.2, 0) is 14.8 Å². The molecule has 1 aliphatic heterocycles. The van der Waals surface area contributed by atoms with Crippen LogP contribution >= 0.6 is 0 Å². The van der Waals surface area contributed by atoms with E-state index in [1.54, 1.807) is 43.2 Å².